The quantitative estimate of drug-likeness (QED) is 0.607. The van der Waals surface area contributed by atoms with Crippen LogP contribution in [-0.2, 0) is 10.3 Å². The van der Waals surface area contributed by atoms with Crippen molar-refractivity contribution in [3.63, 3.8) is 0 Å². The Morgan fingerprint density at radius 3 is 2.24 bits per heavy atom. The van der Waals surface area contributed by atoms with Crippen molar-refractivity contribution in [1.82, 2.24) is 9.88 Å². The van der Waals surface area contributed by atoms with E-state index in [1.807, 2.05) is 35.2 Å². The Bertz CT molecular complexity index is 1180. The first kappa shape index (κ1) is 21.2. The molecule has 2 atom stereocenters. The average molecular weight is 457 g/mol. The third kappa shape index (κ3) is 3.28. The van der Waals surface area contributed by atoms with E-state index in [2.05, 4.69) is 29.2 Å². The van der Waals surface area contributed by atoms with Crippen LogP contribution in [0.1, 0.15) is 48.4 Å². The number of ether oxygens (including phenoxy) is 2. The number of pyridine rings is 1. The van der Waals surface area contributed by atoms with Crippen LogP contribution in [0.3, 0.4) is 0 Å². The number of methoxy groups -OCH3 is 1. The summed E-state index contributed by atoms with van der Waals surface area (Å²) >= 11 is 0. The van der Waals surface area contributed by atoms with Gasteiger partial charge in [-0.2, -0.15) is 0 Å². The zero-order chi connectivity index (χ0) is 23.3. The topological polar surface area (TPSA) is 71.9 Å². The number of rotatable bonds is 4. The smallest absolute Gasteiger partial charge is 0.410 e. The first-order valence-corrected chi connectivity index (χ1v) is 11.9. The summed E-state index contributed by atoms with van der Waals surface area (Å²) in [5.74, 6) is 0.618. The van der Waals surface area contributed by atoms with Crippen molar-refractivity contribution < 1.29 is 19.4 Å². The normalized spacial score (nSPS) is 25.1. The Hall–Kier alpha value is -3.38. The Labute approximate surface area is 199 Å². The largest absolute Gasteiger partial charge is 0.495 e. The summed E-state index contributed by atoms with van der Waals surface area (Å²) in [6, 6.07) is 20.1. The van der Waals surface area contributed by atoms with Gasteiger partial charge in [-0.05, 0) is 47.2 Å². The van der Waals surface area contributed by atoms with Gasteiger partial charge in [-0.1, -0.05) is 48.5 Å². The van der Waals surface area contributed by atoms with Crippen LogP contribution >= 0.6 is 0 Å². The molecule has 0 radical (unpaired) electrons. The van der Waals surface area contributed by atoms with Crippen molar-refractivity contribution in [2.45, 2.75) is 49.3 Å². The number of benzene rings is 2. The molecule has 0 saturated carbocycles. The lowest BCUT2D eigenvalue weighted by atomic mass is 9.83. The summed E-state index contributed by atoms with van der Waals surface area (Å²) in [4.78, 5) is 19.6. The Morgan fingerprint density at radius 2 is 1.62 bits per heavy atom. The third-order valence-electron chi connectivity index (χ3n) is 7.74. The van der Waals surface area contributed by atoms with Gasteiger partial charge in [0.1, 0.15) is 23.7 Å². The molecule has 2 fully saturated rings. The number of fused-ring (bicyclic) bond motifs is 5. The summed E-state index contributed by atoms with van der Waals surface area (Å²) in [6.07, 6.45) is 3.96. The molecule has 6 heteroatoms. The zero-order valence-electron chi connectivity index (χ0n) is 19.2. The molecule has 2 aromatic carbocycles. The number of aromatic nitrogens is 1. The Balaban J connectivity index is 1.19. The van der Waals surface area contributed by atoms with E-state index in [9.17, 15) is 9.90 Å². The SMILES string of the molecule is COc1cccnc1C1(O)CC2CCC(C1)N2C(=O)OCC1c2ccccc2-c2ccccc21. The standard InChI is InChI=1S/C28H28N2O4/c1-33-25-11-6-14-29-26(25)28(32)15-18-12-13-19(16-28)30(18)27(31)34-17-24-22-9-4-2-7-20(22)21-8-3-5-10-23(21)24/h2-11,14,18-19,24,32H,12-13,15-17H2,1H3. The predicted octanol–water partition coefficient (Wildman–Crippen LogP) is 4.85. The minimum absolute atomic E-state index is 0.0357. The van der Waals surface area contributed by atoms with Crippen LogP contribution in [0.5, 0.6) is 5.75 Å². The van der Waals surface area contributed by atoms with Crippen LogP contribution in [0.25, 0.3) is 11.1 Å². The van der Waals surface area contributed by atoms with E-state index in [4.69, 9.17) is 9.47 Å². The van der Waals surface area contributed by atoms with E-state index in [1.54, 1.807) is 19.4 Å². The van der Waals surface area contributed by atoms with Gasteiger partial charge < -0.3 is 19.5 Å². The molecule has 2 saturated heterocycles. The number of piperidine rings is 1. The fourth-order valence-electron chi connectivity index (χ4n) is 6.29. The predicted molar refractivity (Wildman–Crippen MR) is 128 cm³/mol. The molecule has 0 spiro atoms. The molecule has 2 aliphatic heterocycles. The monoisotopic (exact) mass is 456 g/mol. The number of amides is 1. The Kier molecular flexibility index (Phi) is 5.06. The highest BCUT2D eigenvalue weighted by molar-refractivity contribution is 5.79. The van der Waals surface area contributed by atoms with E-state index >= 15 is 0 Å². The number of aliphatic hydroxyl groups is 1. The lowest BCUT2D eigenvalue weighted by Crippen LogP contribution is -2.52. The first-order chi connectivity index (χ1) is 16.6. The summed E-state index contributed by atoms with van der Waals surface area (Å²) < 4.78 is 11.4. The summed E-state index contributed by atoms with van der Waals surface area (Å²) in [6.45, 7) is 0.307. The van der Waals surface area contributed by atoms with Crippen molar-refractivity contribution >= 4 is 6.09 Å². The average Bonchev–Trinajstić information content (AvgIpc) is 3.34. The molecule has 1 amide bonds. The highest BCUT2D eigenvalue weighted by atomic mass is 16.6. The van der Waals surface area contributed by atoms with Crippen LogP contribution < -0.4 is 4.74 Å². The molecule has 3 aliphatic rings. The lowest BCUT2D eigenvalue weighted by molar-refractivity contribution is -0.0571. The molecule has 6 nitrogen and oxygen atoms in total. The summed E-state index contributed by atoms with van der Waals surface area (Å²) in [5, 5.41) is 11.5. The fourth-order valence-corrected chi connectivity index (χ4v) is 6.29. The van der Waals surface area contributed by atoms with Gasteiger partial charge in [-0.15, -0.1) is 0 Å². The van der Waals surface area contributed by atoms with Gasteiger partial charge in [0.05, 0.1) is 7.11 Å². The molecule has 2 bridgehead atoms. The molecule has 1 N–H and O–H groups in total. The second-order valence-corrected chi connectivity index (χ2v) is 9.59. The first-order valence-electron chi connectivity index (χ1n) is 11.9. The van der Waals surface area contributed by atoms with Gasteiger partial charge in [0.15, 0.2) is 0 Å². The minimum Gasteiger partial charge on any atom is -0.495 e. The molecule has 34 heavy (non-hydrogen) atoms. The van der Waals surface area contributed by atoms with E-state index in [1.165, 1.54) is 22.3 Å². The molecule has 3 aromatic rings. The lowest BCUT2D eigenvalue weighted by Gasteiger charge is -2.43. The van der Waals surface area contributed by atoms with E-state index < -0.39 is 5.60 Å². The minimum atomic E-state index is -1.11. The van der Waals surface area contributed by atoms with Gasteiger partial charge in [0.25, 0.3) is 0 Å². The molecule has 3 heterocycles. The molecule has 6 rings (SSSR count). The number of nitrogens with zero attached hydrogens (tertiary/aromatic N) is 2. The van der Waals surface area contributed by atoms with Gasteiger partial charge >= 0.3 is 6.09 Å². The number of hydrogen-bond donors (Lipinski definition) is 1. The molecule has 1 aromatic heterocycles. The molecule has 2 unspecified atom stereocenters. The van der Waals surface area contributed by atoms with Crippen LogP contribution in [0.15, 0.2) is 66.9 Å². The van der Waals surface area contributed by atoms with E-state index in [0.29, 0.717) is 30.9 Å². The van der Waals surface area contributed by atoms with Gasteiger partial charge in [-0.25, -0.2) is 4.79 Å². The van der Waals surface area contributed by atoms with Gasteiger partial charge in [-0.3, -0.25) is 4.98 Å². The van der Waals surface area contributed by atoms with Crippen LogP contribution in [0.4, 0.5) is 4.79 Å². The van der Waals surface area contributed by atoms with Crippen molar-refractivity contribution in [3.8, 4) is 16.9 Å². The zero-order valence-corrected chi connectivity index (χ0v) is 19.2. The summed E-state index contributed by atoms with van der Waals surface area (Å²) in [7, 11) is 1.59. The molecular formula is C28H28N2O4. The van der Waals surface area contributed by atoms with E-state index in [0.717, 1.165) is 12.8 Å². The maximum absolute atomic E-state index is 13.3. The van der Waals surface area contributed by atoms with Crippen molar-refractivity contribution in [3.05, 3.63) is 83.7 Å². The van der Waals surface area contributed by atoms with Crippen LogP contribution in [0.2, 0.25) is 0 Å². The second kappa shape index (κ2) is 8.13. The van der Waals surface area contributed by atoms with Crippen molar-refractivity contribution in [2.24, 2.45) is 0 Å². The number of hydrogen-bond acceptors (Lipinski definition) is 5. The summed E-state index contributed by atoms with van der Waals surface area (Å²) in [5.41, 5.74) is 4.28. The van der Waals surface area contributed by atoms with Gasteiger partial charge in [0.2, 0.25) is 0 Å². The van der Waals surface area contributed by atoms with Crippen LogP contribution in [0, 0.1) is 0 Å². The van der Waals surface area contributed by atoms with Crippen molar-refractivity contribution in [2.75, 3.05) is 13.7 Å². The van der Waals surface area contributed by atoms with E-state index in [-0.39, 0.29) is 24.1 Å². The third-order valence-corrected chi connectivity index (χ3v) is 7.74. The fraction of sp³-hybridized carbons (Fsp3) is 0.357. The van der Waals surface area contributed by atoms with Crippen LogP contribution in [-0.4, -0.2) is 46.9 Å². The van der Waals surface area contributed by atoms with Crippen molar-refractivity contribution in [1.29, 1.82) is 0 Å². The van der Waals surface area contributed by atoms with Gasteiger partial charge in [0, 0.05) is 37.0 Å². The molecule has 174 valence electrons. The molecule has 1 aliphatic carbocycles. The number of carbonyl (C=O) groups is 1. The highest BCUT2D eigenvalue weighted by Gasteiger charge is 2.52. The number of carbonyl (C=O) groups excluding carboxylic acids is 1. The molecular weight excluding hydrogens is 428 g/mol. The maximum atomic E-state index is 13.3. The Morgan fingerprint density at radius 1 is 1.00 bits per heavy atom. The highest BCUT2D eigenvalue weighted by Crippen LogP contribution is 2.48. The second-order valence-electron chi connectivity index (χ2n) is 9.59. The maximum Gasteiger partial charge on any atom is 0.410 e.